The van der Waals surface area contributed by atoms with Crippen molar-refractivity contribution in [2.24, 2.45) is 5.92 Å². The van der Waals surface area contributed by atoms with Crippen molar-refractivity contribution >= 4 is 36.9 Å². The van der Waals surface area contributed by atoms with Gasteiger partial charge >= 0.3 is 0 Å². The van der Waals surface area contributed by atoms with E-state index in [1.54, 1.807) is 30.3 Å². The molecule has 0 radical (unpaired) electrons. The van der Waals surface area contributed by atoms with E-state index in [0.29, 0.717) is 29.8 Å². The second-order valence-electron chi connectivity index (χ2n) is 8.92. The number of rotatable bonds is 7. The largest absolute Gasteiger partial charge is 0.274 e. The van der Waals surface area contributed by atoms with Crippen molar-refractivity contribution in [2.75, 3.05) is 0 Å². The average molecular weight is 515 g/mol. The molecular formula is C23H26N6O4S2. The Balaban J connectivity index is 1.59. The Kier molecular flexibility index (Phi) is 5.77. The predicted molar refractivity (Wildman–Crippen MR) is 132 cm³/mol. The molecule has 3 unspecified atom stereocenters. The average Bonchev–Trinajstić information content (AvgIpc) is 3.54. The van der Waals surface area contributed by atoms with E-state index >= 15 is 0 Å². The highest BCUT2D eigenvalue weighted by Crippen LogP contribution is 2.41. The van der Waals surface area contributed by atoms with Gasteiger partial charge in [0.1, 0.15) is 5.82 Å². The zero-order valence-corrected chi connectivity index (χ0v) is 21.0. The van der Waals surface area contributed by atoms with Crippen LogP contribution in [0.3, 0.4) is 0 Å². The maximum absolute atomic E-state index is 13.3. The summed E-state index contributed by atoms with van der Waals surface area (Å²) in [5.41, 5.74) is 2.31. The SMILES string of the molecule is C=CS(=O)(=O)NC1CC(CC)C(c2nnc3cnc4c(ccn4S(=O)(=O)c4ccc(C)cc4)n23)C1. The van der Waals surface area contributed by atoms with Gasteiger partial charge in [0.15, 0.2) is 11.3 Å². The van der Waals surface area contributed by atoms with E-state index in [0.717, 1.165) is 17.4 Å². The molecule has 35 heavy (non-hydrogen) atoms. The molecule has 0 saturated heterocycles. The zero-order chi connectivity index (χ0) is 25.0. The highest BCUT2D eigenvalue weighted by Gasteiger charge is 2.38. The van der Waals surface area contributed by atoms with Gasteiger partial charge in [-0.1, -0.05) is 37.6 Å². The fourth-order valence-electron chi connectivity index (χ4n) is 4.98. The minimum absolute atomic E-state index is 0.0600. The summed E-state index contributed by atoms with van der Waals surface area (Å²) in [6.45, 7) is 7.33. The van der Waals surface area contributed by atoms with Gasteiger partial charge in [-0.3, -0.25) is 4.40 Å². The Morgan fingerprint density at radius 2 is 1.86 bits per heavy atom. The number of hydrogen-bond acceptors (Lipinski definition) is 7. The Labute approximate surface area is 203 Å². The maximum Gasteiger partial charge on any atom is 0.269 e. The van der Waals surface area contributed by atoms with Crippen LogP contribution >= 0.6 is 0 Å². The molecule has 3 aromatic heterocycles. The van der Waals surface area contributed by atoms with E-state index in [-0.39, 0.29) is 28.4 Å². The first kappa shape index (κ1) is 23.6. The van der Waals surface area contributed by atoms with Crippen LogP contribution in [0.4, 0.5) is 0 Å². The molecule has 1 aliphatic carbocycles. The summed E-state index contributed by atoms with van der Waals surface area (Å²) in [5, 5.41) is 9.62. The summed E-state index contributed by atoms with van der Waals surface area (Å²) in [6.07, 6.45) is 5.05. The first-order valence-electron chi connectivity index (χ1n) is 11.3. The lowest BCUT2D eigenvalue weighted by molar-refractivity contribution is 0.449. The predicted octanol–water partition coefficient (Wildman–Crippen LogP) is 2.96. The van der Waals surface area contributed by atoms with E-state index in [4.69, 9.17) is 0 Å². The smallest absolute Gasteiger partial charge is 0.269 e. The molecule has 10 nitrogen and oxygen atoms in total. The quantitative estimate of drug-likeness (QED) is 0.401. The molecule has 3 heterocycles. The summed E-state index contributed by atoms with van der Waals surface area (Å²) in [4.78, 5) is 4.56. The molecule has 3 atom stereocenters. The van der Waals surface area contributed by atoms with Gasteiger partial charge in [-0.25, -0.2) is 30.5 Å². The van der Waals surface area contributed by atoms with Crippen LogP contribution < -0.4 is 4.72 Å². The number of hydrogen-bond donors (Lipinski definition) is 1. The molecule has 1 aromatic carbocycles. The molecule has 1 aliphatic rings. The Morgan fingerprint density at radius 1 is 1.11 bits per heavy atom. The molecular weight excluding hydrogens is 488 g/mol. The van der Waals surface area contributed by atoms with E-state index in [2.05, 4.69) is 33.4 Å². The molecule has 0 bridgehead atoms. The molecule has 5 rings (SSSR count). The third kappa shape index (κ3) is 4.05. The molecule has 0 aliphatic heterocycles. The van der Waals surface area contributed by atoms with Gasteiger partial charge in [0.25, 0.3) is 10.0 Å². The van der Waals surface area contributed by atoms with Crippen LogP contribution in [-0.4, -0.2) is 46.4 Å². The monoisotopic (exact) mass is 514 g/mol. The summed E-state index contributed by atoms with van der Waals surface area (Å²) < 4.78 is 56.5. The molecule has 0 amide bonds. The standard InChI is InChI=1S/C23H26N6O4S2/c1-4-16-12-17(27-34(30,31)5-2)13-19(16)22-26-25-21-14-24-23-20(29(21)22)10-11-28(23)35(32,33)18-8-6-15(3)7-9-18/h5-11,14,16-17,19,27H,2,4,12-13H2,1,3H3. The van der Waals surface area contributed by atoms with Crippen LogP contribution in [0.1, 0.15) is 43.5 Å². The lowest BCUT2D eigenvalue weighted by Crippen LogP contribution is -2.31. The number of nitrogens with zero attached hydrogens (tertiary/aromatic N) is 5. The number of aryl methyl sites for hydroxylation is 1. The number of aromatic nitrogens is 5. The second kappa shape index (κ2) is 8.54. The topological polar surface area (TPSA) is 128 Å². The van der Waals surface area contributed by atoms with Crippen molar-refractivity contribution in [3.05, 3.63) is 66.1 Å². The molecule has 0 spiro atoms. The van der Waals surface area contributed by atoms with Crippen LogP contribution in [0.5, 0.6) is 0 Å². The number of nitrogens with one attached hydrogen (secondary N) is 1. The van der Waals surface area contributed by atoms with Gasteiger partial charge in [-0.2, -0.15) is 0 Å². The Bertz CT molecular complexity index is 1640. The van der Waals surface area contributed by atoms with Crippen molar-refractivity contribution in [2.45, 2.75) is 50.0 Å². The van der Waals surface area contributed by atoms with Gasteiger partial charge in [-0.15, -0.1) is 10.2 Å². The summed E-state index contributed by atoms with van der Waals surface area (Å²) in [6, 6.07) is 8.11. The zero-order valence-electron chi connectivity index (χ0n) is 19.4. The first-order valence-corrected chi connectivity index (χ1v) is 14.3. The van der Waals surface area contributed by atoms with Crippen LogP contribution in [0, 0.1) is 12.8 Å². The van der Waals surface area contributed by atoms with Crippen LogP contribution in [0.25, 0.3) is 16.8 Å². The lowest BCUT2D eigenvalue weighted by atomic mass is 9.93. The van der Waals surface area contributed by atoms with Crippen LogP contribution in [0.15, 0.2) is 59.6 Å². The van der Waals surface area contributed by atoms with E-state index < -0.39 is 20.0 Å². The number of benzene rings is 1. The summed E-state index contributed by atoms with van der Waals surface area (Å²) in [5.74, 6) is 0.793. The Hall–Kier alpha value is -3.09. The van der Waals surface area contributed by atoms with E-state index in [9.17, 15) is 16.8 Å². The van der Waals surface area contributed by atoms with Crippen molar-refractivity contribution in [3.63, 3.8) is 0 Å². The van der Waals surface area contributed by atoms with Crippen LogP contribution in [0.2, 0.25) is 0 Å². The van der Waals surface area contributed by atoms with Gasteiger partial charge in [0.2, 0.25) is 10.0 Å². The molecule has 1 fully saturated rings. The van der Waals surface area contributed by atoms with Crippen molar-refractivity contribution in [3.8, 4) is 0 Å². The fourth-order valence-corrected chi connectivity index (χ4v) is 7.03. The minimum atomic E-state index is -3.86. The molecule has 4 aromatic rings. The molecule has 1 N–H and O–H groups in total. The minimum Gasteiger partial charge on any atom is -0.274 e. The van der Waals surface area contributed by atoms with Crippen molar-refractivity contribution in [1.29, 1.82) is 0 Å². The van der Waals surface area contributed by atoms with Gasteiger partial charge in [0.05, 0.1) is 16.6 Å². The van der Waals surface area contributed by atoms with Crippen molar-refractivity contribution < 1.29 is 16.8 Å². The lowest BCUT2D eigenvalue weighted by Gasteiger charge is -2.16. The first-order chi connectivity index (χ1) is 16.6. The fraction of sp³-hybridized carbons (Fsp3) is 0.348. The highest BCUT2D eigenvalue weighted by molar-refractivity contribution is 7.92. The second-order valence-corrected chi connectivity index (χ2v) is 12.4. The normalized spacial score (nSPS) is 21.1. The number of fused-ring (bicyclic) bond motifs is 3. The molecule has 1 saturated carbocycles. The third-order valence-corrected chi connectivity index (χ3v) is 9.52. The summed E-state index contributed by atoms with van der Waals surface area (Å²) in [7, 11) is -7.41. The molecule has 12 heteroatoms. The summed E-state index contributed by atoms with van der Waals surface area (Å²) >= 11 is 0. The number of sulfonamides is 1. The van der Waals surface area contributed by atoms with E-state index in [1.165, 1.54) is 16.4 Å². The maximum atomic E-state index is 13.3. The Morgan fingerprint density at radius 3 is 2.54 bits per heavy atom. The van der Waals surface area contributed by atoms with Gasteiger partial charge in [0, 0.05) is 23.6 Å². The third-order valence-electron chi connectivity index (χ3n) is 6.74. The van der Waals surface area contributed by atoms with Gasteiger partial charge < -0.3 is 0 Å². The highest BCUT2D eigenvalue weighted by atomic mass is 32.2. The van der Waals surface area contributed by atoms with E-state index in [1.807, 2.05) is 11.3 Å². The van der Waals surface area contributed by atoms with Gasteiger partial charge in [-0.05, 0) is 43.9 Å². The van der Waals surface area contributed by atoms with Crippen LogP contribution in [-0.2, 0) is 20.0 Å². The molecule has 184 valence electrons. The van der Waals surface area contributed by atoms with Crippen molar-refractivity contribution in [1.82, 2.24) is 28.3 Å².